The standard InChI is InChI=1S/C33H38FN3O5/c1-21(35-31(40)26-12-8-9-13-27(26)34)30(39)36-24-16-14-22(15-17-24)20-25-18-19-28(29(38)23-10-6-5-7-11-23)37(25)32(41)42-33(2,3)4/h5-17,21,25,28-29,38H,18-20H2,1-4H3,(H,35,40)(H,36,39)/t21-,25-,28+,29+/m0/s1. The topological polar surface area (TPSA) is 108 Å². The van der Waals surface area contributed by atoms with Crippen LogP contribution in [0.5, 0.6) is 0 Å². The third-order valence-electron chi connectivity index (χ3n) is 7.21. The molecule has 42 heavy (non-hydrogen) atoms. The highest BCUT2D eigenvalue weighted by molar-refractivity contribution is 6.01. The number of halogens is 1. The summed E-state index contributed by atoms with van der Waals surface area (Å²) in [6.45, 7) is 6.97. The summed E-state index contributed by atoms with van der Waals surface area (Å²) in [5.74, 6) is -1.78. The molecule has 3 N–H and O–H groups in total. The maximum absolute atomic E-state index is 13.9. The number of hydrogen-bond acceptors (Lipinski definition) is 5. The Labute approximate surface area is 245 Å². The zero-order chi connectivity index (χ0) is 30.4. The van der Waals surface area contributed by atoms with E-state index in [0.717, 1.165) is 11.1 Å². The molecular weight excluding hydrogens is 537 g/mol. The van der Waals surface area contributed by atoms with Crippen molar-refractivity contribution in [3.63, 3.8) is 0 Å². The number of hydrogen-bond donors (Lipinski definition) is 3. The van der Waals surface area contributed by atoms with Crippen LogP contribution in [0.1, 0.15) is 68.1 Å². The summed E-state index contributed by atoms with van der Waals surface area (Å²) in [6.07, 6.45) is 0.568. The van der Waals surface area contributed by atoms with Crippen LogP contribution in [0, 0.1) is 5.82 Å². The zero-order valence-corrected chi connectivity index (χ0v) is 24.3. The molecule has 4 rings (SSSR count). The van der Waals surface area contributed by atoms with Crippen LogP contribution < -0.4 is 10.6 Å². The number of benzene rings is 3. The van der Waals surface area contributed by atoms with Crippen molar-refractivity contribution < 1.29 is 28.6 Å². The van der Waals surface area contributed by atoms with E-state index in [9.17, 15) is 23.9 Å². The van der Waals surface area contributed by atoms with Crippen LogP contribution in [0.15, 0.2) is 78.9 Å². The van der Waals surface area contributed by atoms with Crippen LogP contribution in [0.3, 0.4) is 0 Å². The average molecular weight is 576 g/mol. The van der Waals surface area contributed by atoms with Crippen LogP contribution in [-0.2, 0) is 16.0 Å². The van der Waals surface area contributed by atoms with Crippen LogP contribution in [0.25, 0.3) is 0 Å². The molecule has 1 heterocycles. The fourth-order valence-corrected chi connectivity index (χ4v) is 5.13. The SMILES string of the molecule is C[C@H](NC(=O)c1ccccc1F)C(=O)Nc1ccc(C[C@@H]2CC[C@H]([C@H](O)c3ccccc3)N2C(=O)OC(C)(C)C)cc1. The molecule has 0 saturated carbocycles. The molecule has 0 bridgehead atoms. The van der Waals surface area contributed by atoms with Crippen LogP contribution in [0.2, 0.25) is 0 Å². The second kappa shape index (κ2) is 13.2. The maximum atomic E-state index is 13.9. The Hall–Kier alpha value is -4.24. The van der Waals surface area contributed by atoms with E-state index in [0.29, 0.717) is 24.9 Å². The number of aliphatic hydroxyl groups is 1. The highest BCUT2D eigenvalue weighted by atomic mass is 19.1. The lowest BCUT2D eigenvalue weighted by Crippen LogP contribution is -2.47. The fraction of sp³-hybridized carbons (Fsp3) is 0.364. The van der Waals surface area contributed by atoms with E-state index < -0.39 is 47.5 Å². The van der Waals surface area contributed by atoms with Gasteiger partial charge in [-0.25, -0.2) is 9.18 Å². The quantitative estimate of drug-likeness (QED) is 0.323. The minimum absolute atomic E-state index is 0.132. The van der Waals surface area contributed by atoms with Crippen molar-refractivity contribution in [2.24, 2.45) is 0 Å². The summed E-state index contributed by atoms with van der Waals surface area (Å²) >= 11 is 0. The van der Waals surface area contributed by atoms with Gasteiger partial charge in [-0.1, -0.05) is 54.6 Å². The van der Waals surface area contributed by atoms with Crippen molar-refractivity contribution in [2.75, 3.05) is 5.32 Å². The van der Waals surface area contributed by atoms with Crippen molar-refractivity contribution in [3.05, 3.63) is 101 Å². The van der Waals surface area contributed by atoms with Gasteiger partial charge in [0.2, 0.25) is 5.91 Å². The predicted octanol–water partition coefficient (Wildman–Crippen LogP) is 5.63. The van der Waals surface area contributed by atoms with Gasteiger partial charge in [0.25, 0.3) is 5.91 Å². The minimum Gasteiger partial charge on any atom is -0.444 e. The second-order valence-electron chi connectivity index (χ2n) is 11.6. The number of rotatable bonds is 8. The summed E-state index contributed by atoms with van der Waals surface area (Å²) in [5, 5.41) is 16.5. The highest BCUT2D eigenvalue weighted by Gasteiger charge is 2.42. The van der Waals surface area contributed by atoms with Gasteiger partial charge < -0.3 is 20.5 Å². The third-order valence-corrected chi connectivity index (χ3v) is 7.21. The number of amides is 3. The summed E-state index contributed by atoms with van der Waals surface area (Å²) in [6, 6.07) is 20.6. The number of likely N-dealkylation sites (tertiary alicyclic amines) is 1. The summed E-state index contributed by atoms with van der Waals surface area (Å²) < 4.78 is 19.6. The number of aliphatic hydroxyl groups excluding tert-OH is 1. The molecule has 9 heteroatoms. The Balaban J connectivity index is 1.41. The molecule has 3 aromatic rings. The monoisotopic (exact) mass is 575 g/mol. The lowest BCUT2D eigenvalue weighted by Gasteiger charge is -2.35. The van der Waals surface area contributed by atoms with E-state index in [1.54, 1.807) is 23.1 Å². The molecule has 1 aliphatic heterocycles. The molecule has 0 aliphatic carbocycles. The highest BCUT2D eigenvalue weighted by Crippen LogP contribution is 2.36. The molecule has 1 aliphatic rings. The van der Waals surface area contributed by atoms with Gasteiger partial charge in [-0.15, -0.1) is 0 Å². The Morgan fingerprint density at radius 3 is 2.26 bits per heavy atom. The minimum atomic E-state index is -0.898. The van der Waals surface area contributed by atoms with Crippen molar-refractivity contribution in [3.8, 4) is 0 Å². The Bertz CT molecular complexity index is 1390. The molecule has 0 aromatic heterocycles. The molecule has 0 unspecified atom stereocenters. The first-order valence-corrected chi connectivity index (χ1v) is 14.1. The van der Waals surface area contributed by atoms with Gasteiger partial charge in [-0.2, -0.15) is 0 Å². The lowest BCUT2D eigenvalue weighted by atomic mass is 10.0. The van der Waals surface area contributed by atoms with Crippen LogP contribution in [0.4, 0.5) is 14.9 Å². The van der Waals surface area contributed by atoms with E-state index in [2.05, 4.69) is 10.6 Å². The van der Waals surface area contributed by atoms with Crippen LogP contribution in [-0.4, -0.2) is 51.6 Å². The van der Waals surface area contributed by atoms with Gasteiger partial charge in [0.05, 0.1) is 17.7 Å². The molecule has 1 fully saturated rings. The third kappa shape index (κ3) is 7.73. The molecular formula is C33H38FN3O5. The number of nitrogens with one attached hydrogen (secondary N) is 2. The number of carbonyl (C=O) groups excluding carboxylic acids is 3. The first-order valence-electron chi connectivity index (χ1n) is 14.1. The van der Waals surface area contributed by atoms with Crippen molar-refractivity contribution in [1.29, 1.82) is 0 Å². The van der Waals surface area contributed by atoms with Crippen molar-refractivity contribution in [1.82, 2.24) is 10.2 Å². The van der Waals surface area contributed by atoms with Gasteiger partial charge >= 0.3 is 6.09 Å². The molecule has 3 aromatic carbocycles. The smallest absolute Gasteiger partial charge is 0.410 e. The van der Waals surface area contributed by atoms with Crippen LogP contribution >= 0.6 is 0 Å². The Kier molecular flexibility index (Phi) is 9.63. The maximum Gasteiger partial charge on any atom is 0.410 e. The summed E-state index contributed by atoms with van der Waals surface area (Å²) in [5.41, 5.74) is 1.41. The van der Waals surface area contributed by atoms with E-state index in [1.807, 2.05) is 63.2 Å². The van der Waals surface area contributed by atoms with Crippen molar-refractivity contribution >= 4 is 23.6 Å². The zero-order valence-electron chi connectivity index (χ0n) is 24.3. The largest absolute Gasteiger partial charge is 0.444 e. The van der Waals surface area contributed by atoms with E-state index in [4.69, 9.17) is 4.74 Å². The van der Waals surface area contributed by atoms with Gasteiger partial charge in [-0.3, -0.25) is 14.5 Å². The average Bonchev–Trinajstić information content (AvgIpc) is 3.37. The first kappa shape index (κ1) is 30.7. The van der Waals surface area contributed by atoms with Gasteiger partial charge in [-0.05, 0) is 82.3 Å². The summed E-state index contributed by atoms with van der Waals surface area (Å²) in [4.78, 5) is 40.0. The molecule has 222 valence electrons. The van der Waals surface area contributed by atoms with Gasteiger partial charge in [0, 0.05) is 11.7 Å². The summed E-state index contributed by atoms with van der Waals surface area (Å²) in [7, 11) is 0. The van der Waals surface area contributed by atoms with Gasteiger partial charge in [0.15, 0.2) is 0 Å². The molecule has 4 atom stereocenters. The molecule has 1 saturated heterocycles. The lowest BCUT2D eigenvalue weighted by molar-refractivity contribution is -0.117. The number of anilines is 1. The molecule has 8 nitrogen and oxygen atoms in total. The van der Waals surface area contributed by atoms with Crippen molar-refractivity contribution in [2.45, 2.75) is 76.8 Å². The number of nitrogens with zero attached hydrogens (tertiary/aromatic N) is 1. The second-order valence-corrected chi connectivity index (χ2v) is 11.6. The van der Waals surface area contributed by atoms with E-state index in [-0.39, 0.29) is 11.6 Å². The van der Waals surface area contributed by atoms with E-state index >= 15 is 0 Å². The molecule has 3 amide bonds. The Morgan fingerprint density at radius 2 is 1.62 bits per heavy atom. The first-order chi connectivity index (χ1) is 19.9. The van der Waals surface area contributed by atoms with Gasteiger partial charge in [0.1, 0.15) is 17.5 Å². The number of ether oxygens (including phenoxy) is 1. The number of carbonyl (C=O) groups is 3. The molecule has 0 radical (unpaired) electrons. The Morgan fingerprint density at radius 1 is 0.976 bits per heavy atom. The normalized spacial score (nSPS) is 18.2. The molecule has 0 spiro atoms. The fourth-order valence-electron chi connectivity index (χ4n) is 5.13. The van der Waals surface area contributed by atoms with E-state index in [1.165, 1.54) is 25.1 Å². The predicted molar refractivity (Wildman–Crippen MR) is 158 cm³/mol.